The van der Waals surface area contributed by atoms with Gasteiger partial charge in [-0.25, -0.2) is 4.39 Å². The van der Waals surface area contributed by atoms with Gasteiger partial charge in [0.05, 0.1) is 23.0 Å². The van der Waals surface area contributed by atoms with Gasteiger partial charge in [-0.3, -0.25) is 14.5 Å². The van der Waals surface area contributed by atoms with Crippen LogP contribution in [0.5, 0.6) is 11.5 Å². The molecule has 3 rings (SSSR count). The predicted octanol–water partition coefficient (Wildman–Crippen LogP) is 4.71. The SMILES string of the molecule is COc1ccc(/C=C2\SC(=O)N(CCOc3ccc(F)cc3)C2=O)cc1Br. The molecular formula is C19H15BrFNO4S. The van der Waals surface area contributed by atoms with Crippen LogP contribution in [-0.2, 0) is 4.79 Å². The number of carbonyl (C=O) groups excluding carboxylic acids is 2. The Hall–Kier alpha value is -2.32. The Bertz CT molecular complexity index is 901. The van der Waals surface area contributed by atoms with Gasteiger partial charge in [0.25, 0.3) is 11.1 Å². The fourth-order valence-electron chi connectivity index (χ4n) is 2.40. The van der Waals surface area contributed by atoms with Gasteiger partial charge >= 0.3 is 0 Å². The Morgan fingerprint density at radius 3 is 2.59 bits per heavy atom. The number of benzene rings is 2. The molecular weight excluding hydrogens is 437 g/mol. The number of nitrogens with zero attached hydrogens (tertiary/aromatic N) is 1. The lowest BCUT2D eigenvalue weighted by molar-refractivity contribution is -0.123. The molecule has 2 aromatic carbocycles. The molecule has 0 aliphatic carbocycles. The van der Waals surface area contributed by atoms with Gasteiger partial charge in [0.1, 0.15) is 23.9 Å². The molecule has 0 unspecified atom stereocenters. The molecule has 0 bridgehead atoms. The summed E-state index contributed by atoms with van der Waals surface area (Å²) in [6, 6.07) is 10.9. The maximum atomic E-state index is 12.9. The van der Waals surface area contributed by atoms with Crippen molar-refractivity contribution >= 4 is 44.9 Å². The summed E-state index contributed by atoms with van der Waals surface area (Å²) >= 11 is 4.28. The van der Waals surface area contributed by atoms with Gasteiger partial charge in [-0.05, 0) is 75.7 Å². The lowest BCUT2D eigenvalue weighted by atomic mass is 10.2. The molecule has 1 saturated heterocycles. The molecule has 2 aromatic rings. The highest BCUT2D eigenvalue weighted by Gasteiger charge is 2.34. The van der Waals surface area contributed by atoms with Crippen molar-refractivity contribution in [1.82, 2.24) is 4.90 Å². The minimum atomic E-state index is -0.361. The van der Waals surface area contributed by atoms with E-state index >= 15 is 0 Å². The number of methoxy groups -OCH3 is 1. The van der Waals surface area contributed by atoms with Crippen LogP contribution in [0.2, 0.25) is 0 Å². The Labute approximate surface area is 168 Å². The zero-order valence-corrected chi connectivity index (χ0v) is 16.7. The second-order valence-corrected chi connectivity index (χ2v) is 7.38. The summed E-state index contributed by atoms with van der Waals surface area (Å²) in [6.45, 7) is 0.247. The number of rotatable bonds is 6. The van der Waals surface area contributed by atoms with E-state index in [1.165, 1.54) is 24.3 Å². The highest BCUT2D eigenvalue weighted by molar-refractivity contribution is 9.10. The third-order valence-electron chi connectivity index (χ3n) is 3.74. The second-order valence-electron chi connectivity index (χ2n) is 5.53. The minimum absolute atomic E-state index is 0.117. The lowest BCUT2D eigenvalue weighted by Gasteiger charge is -2.13. The molecule has 1 heterocycles. The van der Waals surface area contributed by atoms with Crippen molar-refractivity contribution in [3.63, 3.8) is 0 Å². The van der Waals surface area contributed by atoms with Crippen molar-refractivity contribution in [3.05, 3.63) is 63.2 Å². The second kappa shape index (κ2) is 8.58. The van der Waals surface area contributed by atoms with Gasteiger partial charge < -0.3 is 9.47 Å². The molecule has 2 amide bonds. The van der Waals surface area contributed by atoms with Crippen LogP contribution in [-0.4, -0.2) is 36.3 Å². The van der Waals surface area contributed by atoms with E-state index in [-0.39, 0.29) is 30.1 Å². The molecule has 1 fully saturated rings. The summed E-state index contributed by atoms with van der Waals surface area (Å²) in [6.07, 6.45) is 1.66. The van der Waals surface area contributed by atoms with Crippen LogP contribution in [0.15, 0.2) is 51.8 Å². The summed E-state index contributed by atoms with van der Waals surface area (Å²) in [5.74, 6) is 0.434. The molecule has 0 N–H and O–H groups in total. The van der Waals surface area contributed by atoms with E-state index in [1.807, 2.05) is 6.07 Å². The number of carbonyl (C=O) groups is 2. The molecule has 0 spiro atoms. The van der Waals surface area contributed by atoms with Gasteiger partial charge in [-0.1, -0.05) is 6.07 Å². The van der Waals surface area contributed by atoms with E-state index < -0.39 is 0 Å². The summed E-state index contributed by atoms with van der Waals surface area (Å²) in [5.41, 5.74) is 0.774. The number of ether oxygens (including phenoxy) is 2. The summed E-state index contributed by atoms with van der Waals surface area (Å²) in [5, 5.41) is -0.346. The lowest BCUT2D eigenvalue weighted by Crippen LogP contribution is -2.32. The van der Waals surface area contributed by atoms with Crippen molar-refractivity contribution in [1.29, 1.82) is 0 Å². The van der Waals surface area contributed by atoms with Crippen LogP contribution in [0.1, 0.15) is 5.56 Å². The zero-order valence-electron chi connectivity index (χ0n) is 14.3. The number of imide groups is 1. The van der Waals surface area contributed by atoms with Crippen molar-refractivity contribution in [3.8, 4) is 11.5 Å². The quantitative estimate of drug-likeness (QED) is 0.595. The van der Waals surface area contributed by atoms with Crippen molar-refractivity contribution in [2.75, 3.05) is 20.3 Å². The summed E-state index contributed by atoms with van der Waals surface area (Å²) in [4.78, 5) is 26.1. The van der Waals surface area contributed by atoms with Crippen molar-refractivity contribution in [2.24, 2.45) is 0 Å². The largest absolute Gasteiger partial charge is 0.496 e. The van der Waals surface area contributed by atoms with Crippen LogP contribution < -0.4 is 9.47 Å². The number of thioether (sulfide) groups is 1. The van der Waals surface area contributed by atoms with E-state index in [1.54, 1.807) is 25.3 Å². The first-order valence-electron chi connectivity index (χ1n) is 7.95. The topological polar surface area (TPSA) is 55.8 Å². The fourth-order valence-corrected chi connectivity index (χ4v) is 3.83. The van der Waals surface area contributed by atoms with Crippen LogP contribution in [0.4, 0.5) is 9.18 Å². The van der Waals surface area contributed by atoms with Gasteiger partial charge in [0.2, 0.25) is 0 Å². The van der Waals surface area contributed by atoms with Crippen LogP contribution in [0.25, 0.3) is 6.08 Å². The van der Waals surface area contributed by atoms with Gasteiger partial charge in [0, 0.05) is 0 Å². The summed E-state index contributed by atoms with van der Waals surface area (Å²) in [7, 11) is 1.57. The molecule has 0 saturated carbocycles. The van der Waals surface area contributed by atoms with Crippen LogP contribution in [0.3, 0.4) is 0 Å². The predicted molar refractivity (Wildman–Crippen MR) is 105 cm³/mol. The molecule has 0 aromatic heterocycles. The minimum Gasteiger partial charge on any atom is -0.496 e. The molecule has 5 nitrogen and oxygen atoms in total. The van der Waals surface area contributed by atoms with Gasteiger partial charge in [0.15, 0.2) is 0 Å². The number of hydrogen-bond donors (Lipinski definition) is 0. The van der Waals surface area contributed by atoms with Crippen LogP contribution >= 0.6 is 27.7 Å². The van der Waals surface area contributed by atoms with E-state index in [2.05, 4.69) is 15.9 Å². The van der Waals surface area contributed by atoms with Crippen LogP contribution in [0, 0.1) is 5.82 Å². The van der Waals surface area contributed by atoms with E-state index in [4.69, 9.17) is 9.47 Å². The number of hydrogen-bond acceptors (Lipinski definition) is 5. The maximum Gasteiger partial charge on any atom is 0.293 e. The Morgan fingerprint density at radius 1 is 1.19 bits per heavy atom. The van der Waals surface area contributed by atoms with Gasteiger partial charge in [-0.2, -0.15) is 0 Å². The van der Waals surface area contributed by atoms with E-state index in [9.17, 15) is 14.0 Å². The first kappa shape index (κ1) is 19.4. The Morgan fingerprint density at radius 2 is 1.93 bits per heavy atom. The standard InChI is InChI=1S/C19H15BrFNO4S/c1-25-16-7-2-12(10-15(16)20)11-17-18(23)22(19(24)27-17)8-9-26-14-5-3-13(21)4-6-14/h2-7,10-11H,8-9H2,1H3/b17-11-. The highest BCUT2D eigenvalue weighted by Crippen LogP contribution is 2.33. The first-order chi connectivity index (χ1) is 13.0. The third-order valence-corrected chi connectivity index (χ3v) is 5.27. The fraction of sp³-hybridized carbons (Fsp3) is 0.158. The van der Waals surface area contributed by atoms with Gasteiger partial charge in [-0.15, -0.1) is 0 Å². The average Bonchev–Trinajstić information content (AvgIpc) is 2.91. The monoisotopic (exact) mass is 451 g/mol. The smallest absolute Gasteiger partial charge is 0.293 e. The third kappa shape index (κ3) is 4.70. The molecule has 140 valence electrons. The number of amides is 2. The number of halogens is 2. The van der Waals surface area contributed by atoms with E-state index in [0.29, 0.717) is 16.4 Å². The molecule has 27 heavy (non-hydrogen) atoms. The van der Waals surface area contributed by atoms with E-state index in [0.717, 1.165) is 26.7 Å². The molecule has 0 radical (unpaired) electrons. The molecule has 1 aliphatic rings. The molecule has 1 aliphatic heterocycles. The average molecular weight is 452 g/mol. The zero-order chi connectivity index (χ0) is 19.4. The maximum absolute atomic E-state index is 12.9. The van der Waals surface area contributed by atoms with Crippen molar-refractivity contribution in [2.45, 2.75) is 0 Å². The highest BCUT2D eigenvalue weighted by atomic mass is 79.9. The van der Waals surface area contributed by atoms with Crippen molar-refractivity contribution < 1.29 is 23.5 Å². The normalized spacial score (nSPS) is 15.5. The molecule has 8 heteroatoms. The summed E-state index contributed by atoms with van der Waals surface area (Å²) < 4.78 is 24.3. The Kier molecular flexibility index (Phi) is 6.18. The molecule has 0 atom stereocenters. The Balaban J connectivity index is 1.64. The first-order valence-corrected chi connectivity index (χ1v) is 9.56.